The monoisotopic (exact) mass is 531 g/mol. The number of nitrogens with zero attached hydrogens (tertiary/aromatic N) is 1. The Labute approximate surface area is 219 Å². The first-order valence-electron chi connectivity index (χ1n) is 12.7. The van der Waals surface area contributed by atoms with Gasteiger partial charge in [0.25, 0.3) is 0 Å². The average molecular weight is 532 g/mol. The van der Waals surface area contributed by atoms with E-state index in [1.165, 1.54) is 23.5 Å². The maximum atomic E-state index is 12.9. The van der Waals surface area contributed by atoms with E-state index < -0.39 is 11.7 Å². The number of hydrogen-bond donors (Lipinski definition) is 0. The molecule has 2 atom stereocenters. The summed E-state index contributed by atoms with van der Waals surface area (Å²) in [4.78, 5) is 17.9. The van der Waals surface area contributed by atoms with Gasteiger partial charge in [0.05, 0.1) is 28.7 Å². The van der Waals surface area contributed by atoms with Crippen LogP contribution < -0.4 is 4.74 Å². The first-order valence-corrected chi connectivity index (χ1v) is 13.5. The summed E-state index contributed by atoms with van der Waals surface area (Å²) in [6, 6.07) is 11.1. The second-order valence-corrected chi connectivity index (χ2v) is 10.6. The van der Waals surface area contributed by atoms with E-state index in [0.717, 1.165) is 52.4 Å². The molecule has 4 rings (SSSR count). The van der Waals surface area contributed by atoms with Crippen molar-refractivity contribution < 1.29 is 27.4 Å². The summed E-state index contributed by atoms with van der Waals surface area (Å²) in [6.07, 6.45) is -1.06. The Kier molecular flexibility index (Phi) is 8.26. The number of aryl methyl sites for hydroxylation is 2. The molecule has 0 spiro atoms. The quantitative estimate of drug-likeness (QED) is 0.248. The molecular formula is C29H32F3NO3S. The van der Waals surface area contributed by atoms with Crippen molar-refractivity contribution in [1.82, 2.24) is 4.98 Å². The highest BCUT2D eigenvalue weighted by atomic mass is 32.1. The van der Waals surface area contributed by atoms with Crippen LogP contribution in [0.3, 0.4) is 0 Å². The van der Waals surface area contributed by atoms with Gasteiger partial charge >= 0.3 is 12.1 Å². The van der Waals surface area contributed by atoms with Crippen LogP contribution in [-0.4, -0.2) is 17.6 Å². The lowest BCUT2D eigenvalue weighted by Gasteiger charge is -2.20. The third kappa shape index (κ3) is 6.53. The van der Waals surface area contributed by atoms with Crippen LogP contribution in [0.25, 0.3) is 10.6 Å². The summed E-state index contributed by atoms with van der Waals surface area (Å²) < 4.78 is 50.6. The van der Waals surface area contributed by atoms with Gasteiger partial charge in [-0.2, -0.15) is 13.2 Å². The second-order valence-electron chi connectivity index (χ2n) is 9.57. The van der Waals surface area contributed by atoms with E-state index in [-0.39, 0.29) is 18.0 Å². The molecule has 1 fully saturated rings. The predicted octanol–water partition coefficient (Wildman–Crippen LogP) is 8.11. The highest BCUT2D eigenvalue weighted by molar-refractivity contribution is 7.15. The number of carbonyl (C=O) groups excluding carboxylic acids is 1. The molecule has 1 aliphatic carbocycles. The van der Waals surface area contributed by atoms with Crippen LogP contribution >= 0.6 is 11.3 Å². The average Bonchev–Trinajstić information content (AvgIpc) is 3.63. The Morgan fingerprint density at radius 2 is 1.81 bits per heavy atom. The minimum Gasteiger partial charge on any atom is -0.485 e. The van der Waals surface area contributed by atoms with Gasteiger partial charge in [0, 0.05) is 11.5 Å². The van der Waals surface area contributed by atoms with E-state index in [2.05, 4.69) is 4.98 Å². The van der Waals surface area contributed by atoms with Crippen molar-refractivity contribution in [3.8, 4) is 16.3 Å². The number of ether oxygens (including phenoxy) is 2. The third-order valence-corrected chi connectivity index (χ3v) is 8.02. The van der Waals surface area contributed by atoms with E-state index in [9.17, 15) is 18.0 Å². The van der Waals surface area contributed by atoms with Crippen molar-refractivity contribution in [1.29, 1.82) is 0 Å². The summed E-state index contributed by atoms with van der Waals surface area (Å²) in [7, 11) is 0. The highest BCUT2D eigenvalue weighted by Gasteiger charge is 2.37. The first-order chi connectivity index (χ1) is 17.6. The van der Waals surface area contributed by atoms with Gasteiger partial charge in [0.15, 0.2) is 0 Å². The van der Waals surface area contributed by atoms with E-state index >= 15 is 0 Å². The zero-order chi connectivity index (χ0) is 26.7. The fourth-order valence-corrected chi connectivity index (χ4v) is 5.59. The van der Waals surface area contributed by atoms with Crippen LogP contribution in [-0.2, 0) is 22.1 Å². The van der Waals surface area contributed by atoms with Gasteiger partial charge in [-0.3, -0.25) is 4.79 Å². The number of rotatable bonds is 10. The van der Waals surface area contributed by atoms with Gasteiger partial charge in [-0.25, -0.2) is 4.98 Å². The van der Waals surface area contributed by atoms with Crippen molar-refractivity contribution in [2.45, 2.75) is 65.7 Å². The van der Waals surface area contributed by atoms with Crippen molar-refractivity contribution >= 4 is 17.3 Å². The number of hydrogen-bond acceptors (Lipinski definition) is 5. The van der Waals surface area contributed by atoms with Crippen LogP contribution in [0.15, 0.2) is 42.5 Å². The van der Waals surface area contributed by atoms with Gasteiger partial charge in [0.2, 0.25) is 0 Å². The van der Waals surface area contributed by atoms with E-state index in [4.69, 9.17) is 9.47 Å². The number of esters is 1. The van der Waals surface area contributed by atoms with Crippen LogP contribution in [0.5, 0.6) is 5.75 Å². The molecule has 37 heavy (non-hydrogen) atoms. The molecule has 0 radical (unpaired) electrons. The molecule has 0 amide bonds. The van der Waals surface area contributed by atoms with Gasteiger partial charge in [-0.1, -0.05) is 25.1 Å². The van der Waals surface area contributed by atoms with E-state index in [1.54, 1.807) is 0 Å². The number of carbonyl (C=O) groups is 1. The summed E-state index contributed by atoms with van der Waals surface area (Å²) in [6.45, 7) is 8.13. The second kappa shape index (κ2) is 11.3. The highest BCUT2D eigenvalue weighted by Crippen LogP contribution is 2.47. The Balaban J connectivity index is 1.52. The Bertz CT molecular complexity index is 1230. The SMILES string of the molecule is CCOC(=O)C(CC)Cc1ccc(OC(c2sc(-c3ccc(C(F)(F)F)cc3)nc2C)C2CC2)cc1C. The number of thiazole rings is 1. The summed E-state index contributed by atoms with van der Waals surface area (Å²) in [5, 5.41) is 0.687. The zero-order valence-corrected chi connectivity index (χ0v) is 22.3. The zero-order valence-electron chi connectivity index (χ0n) is 21.5. The number of benzene rings is 2. The van der Waals surface area contributed by atoms with Crippen LogP contribution in [0.1, 0.15) is 66.5 Å². The lowest BCUT2D eigenvalue weighted by Crippen LogP contribution is -2.19. The predicted molar refractivity (Wildman–Crippen MR) is 139 cm³/mol. The fraction of sp³-hybridized carbons (Fsp3) is 0.448. The number of aromatic nitrogens is 1. The van der Waals surface area contributed by atoms with E-state index in [0.29, 0.717) is 35.9 Å². The van der Waals surface area contributed by atoms with Gasteiger partial charge in [-0.15, -0.1) is 11.3 Å². The molecule has 4 nitrogen and oxygen atoms in total. The lowest BCUT2D eigenvalue weighted by molar-refractivity contribution is -0.148. The van der Waals surface area contributed by atoms with Crippen molar-refractivity contribution in [2.24, 2.45) is 11.8 Å². The van der Waals surface area contributed by atoms with Gasteiger partial charge in [0.1, 0.15) is 16.9 Å². The van der Waals surface area contributed by atoms with Crippen LogP contribution in [0, 0.1) is 25.7 Å². The molecule has 0 saturated heterocycles. The molecule has 8 heteroatoms. The smallest absolute Gasteiger partial charge is 0.416 e. The third-order valence-electron chi connectivity index (χ3n) is 6.76. The lowest BCUT2D eigenvalue weighted by atomic mass is 9.94. The van der Waals surface area contributed by atoms with Gasteiger partial charge < -0.3 is 9.47 Å². The Morgan fingerprint density at radius 1 is 1.11 bits per heavy atom. The Hall–Kier alpha value is -2.87. The van der Waals surface area contributed by atoms with E-state index in [1.807, 2.05) is 45.9 Å². The Morgan fingerprint density at radius 3 is 2.38 bits per heavy atom. The summed E-state index contributed by atoms with van der Waals surface area (Å²) >= 11 is 1.48. The molecule has 198 valence electrons. The van der Waals surface area contributed by atoms with Crippen molar-refractivity contribution in [3.63, 3.8) is 0 Å². The molecule has 2 unspecified atom stereocenters. The first kappa shape index (κ1) is 27.2. The molecule has 0 N–H and O–H groups in total. The van der Waals surface area contributed by atoms with Gasteiger partial charge in [-0.05, 0) is 81.8 Å². The molecule has 3 aromatic rings. The molecule has 0 bridgehead atoms. The molecule has 1 heterocycles. The van der Waals surface area contributed by atoms with Crippen LogP contribution in [0.2, 0.25) is 0 Å². The number of halogens is 3. The topological polar surface area (TPSA) is 48.4 Å². The molecular weight excluding hydrogens is 499 g/mol. The largest absolute Gasteiger partial charge is 0.485 e. The molecule has 0 aliphatic heterocycles. The fourth-order valence-electron chi connectivity index (χ4n) is 4.40. The molecule has 1 aromatic heterocycles. The maximum absolute atomic E-state index is 12.9. The molecule has 2 aromatic carbocycles. The maximum Gasteiger partial charge on any atom is 0.416 e. The normalized spacial score (nSPS) is 15.3. The number of alkyl halides is 3. The molecule has 1 aliphatic rings. The molecule has 1 saturated carbocycles. The van der Waals surface area contributed by atoms with Crippen LogP contribution in [0.4, 0.5) is 13.2 Å². The van der Waals surface area contributed by atoms with Crippen molar-refractivity contribution in [3.05, 3.63) is 69.7 Å². The minimum atomic E-state index is -4.36. The minimum absolute atomic E-state index is 0.158. The standard InChI is InChI=1S/C29H32F3NO3S/c1-5-19(28(34)35-6-2)16-22-11-14-24(15-17(22)3)36-25(20-7-8-20)26-18(4)33-27(37-26)21-9-12-23(13-10-21)29(30,31)32/h9-15,19-20,25H,5-8,16H2,1-4H3. The summed E-state index contributed by atoms with van der Waals surface area (Å²) in [5.41, 5.74) is 2.98. The summed E-state index contributed by atoms with van der Waals surface area (Å²) in [5.74, 6) is 0.801. The van der Waals surface area contributed by atoms with Crippen molar-refractivity contribution in [2.75, 3.05) is 6.61 Å².